The molecule has 2 N–H and O–H groups in total. The number of rotatable bonds is 10. The van der Waals surface area contributed by atoms with E-state index < -0.39 is 29.3 Å². The van der Waals surface area contributed by atoms with Crippen LogP contribution in [0.15, 0.2) is 48.5 Å². The molecule has 7 nitrogen and oxygen atoms in total. The monoisotopic (exact) mass is 537 g/mol. The molecule has 0 bridgehead atoms. The van der Waals surface area contributed by atoms with E-state index in [4.69, 9.17) is 4.74 Å². The van der Waals surface area contributed by atoms with Crippen molar-refractivity contribution < 1.29 is 19.1 Å². The van der Waals surface area contributed by atoms with Crippen molar-refractivity contribution in [2.75, 3.05) is 6.54 Å². The second-order valence-electron chi connectivity index (χ2n) is 12.2. The smallest absolute Gasteiger partial charge is 0.408 e. The first-order chi connectivity index (χ1) is 18.1. The van der Waals surface area contributed by atoms with E-state index in [-0.39, 0.29) is 18.2 Å². The highest BCUT2D eigenvalue weighted by atomic mass is 16.6. The van der Waals surface area contributed by atoms with E-state index in [9.17, 15) is 14.4 Å². The number of carbonyl (C=O) groups is 3. The van der Waals surface area contributed by atoms with Crippen molar-refractivity contribution in [3.63, 3.8) is 0 Å². The van der Waals surface area contributed by atoms with Crippen LogP contribution in [-0.2, 0) is 20.7 Å². The van der Waals surface area contributed by atoms with Crippen LogP contribution < -0.4 is 10.6 Å². The largest absolute Gasteiger partial charge is 0.444 e. The van der Waals surface area contributed by atoms with Gasteiger partial charge in [-0.1, -0.05) is 67.4 Å². The third kappa shape index (κ3) is 9.72. The van der Waals surface area contributed by atoms with Gasteiger partial charge in [0.1, 0.15) is 17.7 Å². The van der Waals surface area contributed by atoms with Gasteiger partial charge in [-0.2, -0.15) is 0 Å². The highest BCUT2D eigenvalue weighted by Crippen LogP contribution is 2.32. The Hall–Kier alpha value is -3.35. The van der Waals surface area contributed by atoms with Gasteiger partial charge in [0.05, 0.1) is 0 Å². The lowest BCUT2D eigenvalue weighted by atomic mass is 9.91. The molecule has 7 heteroatoms. The number of benzene rings is 2. The first-order valence-corrected chi connectivity index (χ1v) is 13.9. The van der Waals surface area contributed by atoms with Gasteiger partial charge in [-0.05, 0) is 78.5 Å². The summed E-state index contributed by atoms with van der Waals surface area (Å²) in [5, 5.41) is 5.87. The maximum absolute atomic E-state index is 14.5. The zero-order chi connectivity index (χ0) is 29.4. The fourth-order valence-corrected chi connectivity index (χ4v) is 4.45. The van der Waals surface area contributed by atoms with Gasteiger partial charge in [-0.15, -0.1) is 0 Å². The molecule has 2 rings (SSSR count). The highest BCUT2D eigenvalue weighted by Gasteiger charge is 2.42. The highest BCUT2D eigenvalue weighted by molar-refractivity contribution is 5.93. The summed E-state index contributed by atoms with van der Waals surface area (Å²) >= 11 is 0. The van der Waals surface area contributed by atoms with Gasteiger partial charge in [0.15, 0.2) is 0 Å². The van der Waals surface area contributed by atoms with Crippen LogP contribution >= 0.6 is 0 Å². The molecule has 0 spiro atoms. The lowest BCUT2D eigenvalue weighted by molar-refractivity contribution is -0.148. The second-order valence-corrected chi connectivity index (χ2v) is 12.2. The van der Waals surface area contributed by atoms with Crippen molar-refractivity contribution in [1.29, 1.82) is 0 Å². The Morgan fingerprint density at radius 2 is 1.59 bits per heavy atom. The van der Waals surface area contributed by atoms with Gasteiger partial charge < -0.3 is 20.3 Å². The third-order valence-electron chi connectivity index (χ3n) is 6.30. The van der Waals surface area contributed by atoms with Crippen LogP contribution in [0.2, 0.25) is 0 Å². The van der Waals surface area contributed by atoms with E-state index in [0.29, 0.717) is 6.54 Å². The predicted molar refractivity (Wildman–Crippen MR) is 156 cm³/mol. The maximum Gasteiger partial charge on any atom is 0.408 e. The number of ether oxygens (including phenoxy) is 1. The fourth-order valence-electron chi connectivity index (χ4n) is 4.45. The van der Waals surface area contributed by atoms with Crippen LogP contribution in [0.25, 0.3) is 0 Å². The van der Waals surface area contributed by atoms with Gasteiger partial charge in [-0.3, -0.25) is 9.59 Å². The van der Waals surface area contributed by atoms with Gasteiger partial charge in [0.2, 0.25) is 11.8 Å². The summed E-state index contributed by atoms with van der Waals surface area (Å²) in [7, 11) is 0. The van der Waals surface area contributed by atoms with Crippen molar-refractivity contribution in [3.05, 3.63) is 70.8 Å². The molecule has 0 saturated heterocycles. The minimum atomic E-state index is -0.947. The molecule has 0 heterocycles. The molecule has 3 amide bonds. The van der Waals surface area contributed by atoms with Crippen molar-refractivity contribution in [1.82, 2.24) is 15.5 Å². The fraction of sp³-hybridized carbons (Fsp3) is 0.531. The first-order valence-electron chi connectivity index (χ1n) is 13.9. The maximum atomic E-state index is 14.5. The zero-order valence-electron chi connectivity index (χ0n) is 25.2. The minimum absolute atomic E-state index is 0.240. The van der Waals surface area contributed by atoms with E-state index in [1.807, 2.05) is 83.1 Å². The van der Waals surface area contributed by atoms with Gasteiger partial charge in [0, 0.05) is 18.5 Å². The Kier molecular flexibility index (Phi) is 11.1. The second kappa shape index (κ2) is 13.6. The SMILES string of the molecule is CCCCNC(=O)C(c1cc(C)ccc1C)N(C(=O)C(Cc1ccccc1)NC(=O)OC(C)(C)C)C(C)(C)C. The number of nitrogens with one attached hydrogen (secondary N) is 2. The van der Waals surface area contributed by atoms with Gasteiger partial charge in [0.25, 0.3) is 0 Å². The number of hydrogen-bond donors (Lipinski definition) is 2. The summed E-state index contributed by atoms with van der Waals surface area (Å²) in [4.78, 5) is 42.9. The summed E-state index contributed by atoms with van der Waals surface area (Å²) in [6.07, 6.45) is 1.35. The summed E-state index contributed by atoms with van der Waals surface area (Å²) in [6.45, 7) is 17.6. The van der Waals surface area contributed by atoms with E-state index >= 15 is 0 Å². The Balaban J connectivity index is 2.62. The molecule has 0 saturated carbocycles. The molecule has 0 aromatic heterocycles. The Labute approximate surface area is 234 Å². The summed E-state index contributed by atoms with van der Waals surface area (Å²) in [5.74, 6) is -0.593. The Morgan fingerprint density at radius 1 is 0.949 bits per heavy atom. The van der Waals surface area contributed by atoms with Gasteiger partial charge in [-0.25, -0.2) is 4.79 Å². The molecule has 2 unspecified atom stereocenters. The zero-order valence-corrected chi connectivity index (χ0v) is 25.2. The number of nitrogens with zero attached hydrogens (tertiary/aromatic N) is 1. The molecule has 0 aliphatic rings. The van der Waals surface area contributed by atoms with Crippen LogP contribution in [0.1, 0.15) is 89.6 Å². The van der Waals surface area contributed by atoms with E-state index in [1.165, 1.54) is 0 Å². The molecule has 2 aromatic carbocycles. The molecule has 214 valence electrons. The van der Waals surface area contributed by atoms with E-state index in [2.05, 4.69) is 17.6 Å². The normalized spacial score (nSPS) is 13.3. The van der Waals surface area contributed by atoms with Crippen molar-refractivity contribution in [3.8, 4) is 0 Å². The van der Waals surface area contributed by atoms with Crippen LogP contribution in [0, 0.1) is 13.8 Å². The molecule has 0 aliphatic carbocycles. The molecule has 39 heavy (non-hydrogen) atoms. The third-order valence-corrected chi connectivity index (χ3v) is 6.30. The standard InChI is InChI=1S/C32H47N3O4/c1-10-11-19-33-28(36)27(25-20-22(2)17-18-23(25)3)35(31(4,5)6)29(37)26(21-24-15-13-12-14-16-24)34-30(38)39-32(7,8)9/h12-18,20,26-27H,10-11,19,21H2,1-9H3,(H,33,36)(H,34,38). The number of amides is 3. The summed E-state index contributed by atoms with van der Waals surface area (Å²) < 4.78 is 5.51. The molecular weight excluding hydrogens is 490 g/mol. The van der Waals surface area contributed by atoms with E-state index in [0.717, 1.165) is 35.1 Å². The molecular formula is C32H47N3O4. The average molecular weight is 538 g/mol. The summed E-state index contributed by atoms with van der Waals surface area (Å²) in [6, 6.07) is 13.6. The molecule has 0 fully saturated rings. The van der Waals surface area contributed by atoms with E-state index in [1.54, 1.807) is 25.7 Å². The number of carbonyl (C=O) groups excluding carboxylic acids is 3. The first kappa shape index (κ1) is 31.9. The minimum Gasteiger partial charge on any atom is -0.444 e. The Bertz CT molecular complexity index is 1120. The average Bonchev–Trinajstić information content (AvgIpc) is 2.82. The topological polar surface area (TPSA) is 87.7 Å². The Morgan fingerprint density at radius 3 is 2.15 bits per heavy atom. The summed E-state index contributed by atoms with van der Waals surface area (Å²) in [5.41, 5.74) is 2.09. The van der Waals surface area contributed by atoms with Crippen LogP contribution in [0.4, 0.5) is 4.79 Å². The van der Waals surface area contributed by atoms with Gasteiger partial charge >= 0.3 is 6.09 Å². The van der Waals surface area contributed by atoms with Crippen molar-refractivity contribution in [2.24, 2.45) is 0 Å². The van der Waals surface area contributed by atoms with Crippen molar-refractivity contribution >= 4 is 17.9 Å². The number of alkyl carbamates (subject to hydrolysis) is 1. The molecule has 0 aliphatic heterocycles. The van der Waals surface area contributed by atoms with Crippen LogP contribution in [-0.4, -0.2) is 46.5 Å². The molecule has 0 radical (unpaired) electrons. The quantitative estimate of drug-likeness (QED) is 0.363. The predicted octanol–water partition coefficient (Wildman–Crippen LogP) is 6.02. The van der Waals surface area contributed by atoms with Crippen LogP contribution in [0.3, 0.4) is 0 Å². The number of hydrogen-bond acceptors (Lipinski definition) is 4. The number of aryl methyl sites for hydroxylation is 2. The van der Waals surface area contributed by atoms with Crippen molar-refractivity contribution in [2.45, 2.75) is 105 Å². The molecule has 2 atom stereocenters. The lowest BCUT2D eigenvalue weighted by Crippen LogP contribution is -2.59. The lowest BCUT2D eigenvalue weighted by Gasteiger charge is -2.43. The molecule has 2 aromatic rings. The number of unbranched alkanes of at least 4 members (excludes halogenated alkanes) is 1. The van der Waals surface area contributed by atoms with Crippen LogP contribution in [0.5, 0.6) is 0 Å².